The van der Waals surface area contributed by atoms with Crippen LogP contribution in [0.2, 0.25) is 0 Å². The van der Waals surface area contributed by atoms with Crippen LogP contribution in [0.3, 0.4) is 0 Å². The number of carbonyl (C=O) groups is 1. The Morgan fingerprint density at radius 1 is 1.15 bits per heavy atom. The number of nitrogens with one attached hydrogen (secondary N) is 2. The first-order chi connectivity index (χ1) is 12.5. The Balaban J connectivity index is 2.00. The fourth-order valence-electron chi connectivity index (χ4n) is 2.87. The molecule has 0 bridgehead atoms. The van der Waals surface area contributed by atoms with Gasteiger partial charge in [-0.1, -0.05) is 52.0 Å². The van der Waals surface area contributed by atoms with Gasteiger partial charge < -0.3 is 10.6 Å². The maximum Gasteiger partial charge on any atom is 0.238 e. The number of amides is 1. The van der Waals surface area contributed by atoms with Gasteiger partial charge in [0.25, 0.3) is 0 Å². The van der Waals surface area contributed by atoms with Crippen LogP contribution in [0.15, 0.2) is 35.7 Å². The van der Waals surface area contributed by atoms with Crippen molar-refractivity contribution in [1.29, 1.82) is 5.26 Å². The lowest BCUT2D eigenvalue weighted by Crippen LogP contribution is -2.33. The molecule has 0 unspecified atom stereocenters. The monoisotopic (exact) mass is 369 g/mol. The summed E-state index contributed by atoms with van der Waals surface area (Å²) in [6.45, 7) is 8.92. The third-order valence-corrected chi connectivity index (χ3v) is 5.49. The number of anilines is 1. The average Bonchev–Trinajstić information content (AvgIpc) is 3.08. The second kappa shape index (κ2) is 9.51. The maximum absolute atomic E-state index is 12.2. The first kappa shape index (κ1) is 20.2. The van der Waals surface area contributed by atoms with Crippen LogP contribution in [-0.2, 0) is 4.79 Å². The Morgan fingerprint density at radius 2 is 1.81 bits per heavy atom. The van der Waals surface area contributed by atoms with Gasteiger partial charge in [0.05, 0.1) is 12.1 Å². The molecule has 0 saturated carbocycles. The molecule has 4 nitrogen and oxygen atoms in total. The minimum absolute atomic E-state index is 0.102. The molecular formula is C21H27N3OS. The number of hydrogen-bond acceptors (Lipinski definition) is 4. The van der Waals surface area contributed by atoms with E-state index in [0.717, 1.165) is 6.42 Å². The molecule has 1 amide bonds. The zero-order chi connectivity index (χ0) is 19.1. The molecule has 0 spiro atoms. The van der Waals surface area contributed by atoms with E-state index >= 15 is 0 Å². The zero-order valence-corrected chi connectivity index (χ0v) is 16.7. The molecule has 138 valence electrons. The molecule has 5 heteroatoms. The van der Waals surface area contributed by atoms with Gasteiger partial charge in [0.1, 0.15) is 11.1 Å². The lowest BCUT2D eigenvalue weighted by molar-refractivity contribution is -0.115. The molecule has 0 fully saturated rings. The zero-order valence-electron chi connectivity index (χ0n) is 15.9. The van der Waals surface area contributed by atoms with E-state index < -0.39 is 0 Å². The van der Waals surface area contributed by atoms with E-state index in [1.165, 1.54) is 22.5 Å². The van der Waals surface area contributed by atoms with E-state index in [9.17, 15) is 4.79 Å². The smallest absolute Gasteiger partial charge is 0.238 e. The second-order valence-corrected chi connectivity index (χ2v) is 7.82. The molecule has 0 aliphatic heterocycles. The number of hydrogen-bond donors (Lipinski definition) is 2. The van der Waals surface area contributed by atoms with E-state index in [-0.39, 0.29) is 18.5 Å². The highest BCUT2D eigenvalue weighted by Gasteiger charge is 2.17. The average molecular weight is 370 g/mol. The van der Waals surface area contributed by atoms with Gasteiger partial charge in [-0.15, -0.1) is 11.3 Å². The number of thiophene rings is 1. The maximum atomic E-state index is 12.2. The van der Waals surface area contributed by atoms with Gasteiger partial charge in [-0.3, -0.25) is 4.79 Å². The Morgan fingerprint density at radius 3 is 2.38 bits per heavy atom. The molecule has 1 heterocycles. The van der Waals surface area contributed by atoms with Crippen LogP contribution in [0.25, 0.3) is 0 Å². The molecule has 0 aliphatic carbocycles. The Labute approximate surface area is 160 Å². The van der Waals surface area contributed by atoms with Gasteiger partial charge in [-0.25, -0.2) is 0 Å². The van der Waals surface area contributed by atoms with Crippen molar-refractivity contribution in [3.05, 3.63) is 52.4 Å². The molecule has 0 aliphatic rings. The minimum Gasteiger partial charge on any atom is -0.315 e. The number of nitriles is 1. The summed E-state index contributed by atoms with van der Waals surface area (Å²) < 4.78 is 0. The highest BCUT2D eigenvalue weighted by Crippen LogP contribution is 2.25. The predicted molar refractivity (Wildman–Crippen MR) is 108 cm³/mol. The molecule has 1 aromatic carbocycles. The first-order valence-electron chi connectivity index (χ1n) is 9.06. The first-order valence-corrected chi connectivity index (χ1v) is 9.94. The Kier molecular flexibility index (Phi) is 7.38. The van der Waals surface area contributed by atoms with Gasteiger partial charge in [-0.05, 0) is 40.8 Å². The number of rotatable bonds is 8. The van der Waals surface area contributed by atoms with Crippen molar-refractivity contribution >= 4 is 22.2 Å². The van der Waals surface area contributed by atoms with Crippen LogP contribution in [0, 0.1) is 17.2 Å². The van der Waals surface area contributed by atoms with Crippen molar-refractivity contribution in [2.75, 3.05) is 11.9 Å². The fraction of sp³-hybridized carbons (Fsp3) is 0.429. The Bertz CT molecular complexity index is 758. The molecule has 0 saturated heterocycles. The van der Waals surface area contributed by atoms with Gasteiger partial charge in [-0.2, -0.15) is 5.26 Å². The largest absolute Gasteiger partial charge is 0.315 e. The standard InChI is InChI=1S/C21H27N3OS/c1-5-15(4)16-6-8-17(9-7-16)20(14(2)3)23-13-19(25)24-21-18(12-22)10-11-26-21/h6-11,14-15,20,23H,5,13H2,1-4H3,(H,24,25)/t15-,20-/m0/s1. The van der Waals surface area contributed by atoms with E-state index in [1.807, 2.05) is 0 Å². The fourth-order valence-corrected chi connectivity index (χ4v) is 3.63. The second-order valence-electron chi connectivity index (χ2n) is 6.90. The summed E-state index contributed by atoms with van der Waals surface area (Å²) in [6.07, 6.45) is 1.12. The highest BCUT2D eigenvalue weighted by molar-refractivity contribution is 7.14. The van der Waals surface area contributed by atoms with Crippen molar-refractivity contribution in [3.63, 3.8) is 0 Å². The normalized spacial score (nSPS) is 13.2. The van der Waals surface area contributed by atoms with Gasteiger partial charge >= 0.3 is 0 Å². The molecular weight excluding hydrogens is 342 g/mol. The minimum atomic E-state index is -0.133. The van der Waals surface area contributed by atoms with Crippen LogP contribution < -0.4 is 10.6 Å². The van der Waals surface area contributed by atoms with E-state index in [4.69, 9.17) is 5.26 Å². The molecule has 0 radical (unpaired) electrons. The van der Waals surface area contributed by atoms with Crippen LogP contribution in [0.1, 0.15) is 62.8 Å². The quantitative estimate of drug-likeness (QED) is 0.683. The lowest BCUT2D eigenvalue weighted by Gasteiger charge is -2.23. The van der Waals surface area contributed by atoms with Crippen molar-refractivity contribution in [2.45, 2.75) is 46.1 Å². The van der Waals surface area contributed by atoms with Crippen LogP contribution in [0.4, 0.5) is 5.00 Å². The van der Waals surface area contributed by atoms with Crippen LogP contribution >= 0.6 is 11.3 Å². The molecule has 2 N–H and O–H groups in total. The van der Waals surface area contributed by atoms with Crippen molar-refractivity contribution in [1.82, 2.24) is 5.32 Å². The van der Waals surface area contributed by atoms with E-state index in [0.29, 0.717) is 22.4 Å². The molecule has 2 rings (SSSR count). The van der Waals surface area contributed by atoms with E-state index in [1.54, 1.807) is 11.4 Å². The lowest BCUT2D eigenvalue weighted by atomic mass is 9.92. The van der Waals surface area contributed by atoms with Gasteiger partial charge in [0.15, 0.2) is 0 Å². The van der Waals surface area contributed by atoms with E-state index in [2.05, 4.69) is 68.7 Å². The molecule has 2 aromatic rings. The van der Waals surface area contributed by atoms with Crippen LogP contribution in [-0.4, -0.2) is 12.5 Å². The molecule has 1 aromatic heterocycles. The number of carbonyl (C=O) groups excluding carboxylic acids is 1. The Hall–Kier alpha value is -2.16. The summed E-state index contributed by atoms with van der Waals surface area (Å²) >= 11 is 1.36. The van der Waals surface area contributed by atoms with Gasteiger partial charge in [0, 0.05) is 6.04 Å². The number of benzene rings is 1. The summed E-state index contributed by atoms with van der Waals surface area (Å²) in [5.41, 5.74) is 3.04. The summed E-state index contributed by atoms with van der Waals surface area (Å²) in [6, 6.07) is 12.6. The summed E-state index contributed by atoms with van der Waals surface area (Å²) in [5, 5.41) is 17.6. The number of nitrogens with zero attached hydrogens (tertiary/aromatic N) is 1. The molecule has 2 atom stereocenters. The van der Waals surface area contributed by atoms with Crippen molar-refractivity contribution < 1.29 is 4.79 Å². The summed E-state index contributed by atoms with van der Waals surface area (Å²) in [5.74, 6) is 0.778. The van der Waals surface area contributed by atoms with Crippen LogP contribution in [0.5, 0.6) is 0 Å². The third kappa shape index (κ3) is 5.17. The van der Waals surface area contributed by atoms with Gasteiger partial charge in [0.2, 0.25) is 5.91 Å². The van der Waals surface area contributed by atoms with Crippen molar-refractivity contribution in [3.8, 4) is 6.07 Å². The topological polar surface area (TPSA) is 64.9 Å². The summed E-state index contributed by atoms with van der Waals surface area (Å²) in [4.78, 5) is 12.2. The van der Waals surface area contributed by atoms with Crippen molar-refractivity contribution in [2.24, 2.45) is 5.92 Å². The SMILES string of the molecule is CC[C@H](C)c1ccc([C@@H](NCC(=O)Nc2sccc2C#N)C(C)C)cc1. The highest BCUT2D eigenvalue weighted by atomic mass is 32.1. The molecule has 26 heavy (non-hydrogen) atoms. The predicted octanol–water partition coefficient (Wildman–Crippen LogP) is 5.06. The third-order valence-electron chi connectivity index (χ3n) is 4.66. The summed E-state index contributed by atoms with van der Waals surface area (Å²) in [7, 11) is 0.